The summed E-state index contributed by atoms with van der Waals surface area (Å²) in [5.41, 5.74) is 2.08. The molecule has 0 aliphatic heterocycles. The molecule has 0 spiro atoms. The molecule has 0 amide bonds. The summed E-state index contributed by atoms with van der Waals surface area (Å²) in [6.07, 6.45) is 0.297. The molecule has 6 nitrogen and oxygen atoms in total. The number of carboxylic acids is 1. The number of sulfonamides is 1. The summed E-state index contributed by atoms with van der Waals surface area (Å²) in [6, 6.07) is 16.0. The number of carbonyl (C=O) groups is 1. The lowest BCUT2D eigenvalue weighted by Crippen LogP contribution is -2.18. The van der Waals surface area contributed by atoms with E-state index in [1.807, 2.05) is 30.3 Å². The first-order valence-electron chi connectivity index (χ1n) is 7.87. The minimum absolute atomic E-state index is 0.0430. The first-order chi connectivity index (χ1) is 11.9. The molecule has 0 radical (unpaired) electrons. The lowest BCUT2D eigenvalue weighted by molar-refractivity contribution is -0.136. The zero-order chi connectivity index (χ0) is 18.1. The van der Waals surface area contributed by atoms with Crippen LogP contribution in [-0.4, -0.2) is 31.9 Å². The number of rotatable bonds is 10. The van der Waals surface area contributed by atoms with E-state index in [1.54, 1.807) is 24.3 Å². The van der Waals surface area contributed by atoms with Gasteiger partial charge in [-0.05, 0) is 29.7 Å². The number of hydrogen-bond donors (Lipinski definition) is 2. The lowest BCUT2D eigenvalue weighted by Gasteiger charge is -2.09. The Morgan fingerprint density at radius 2 is 1.68 bits per heavy atom. The van der Waals surface area contributed by atoms with Crippen molar-refractivity contribution in [3.8, 4) is 0 Å². The summed E-state index contributed by atoms with van der Waals surface area (Å²) in [4.78, 5) is 10.6. The van der Waals surface area contributed by atoms with Gasteiger partial charge in [0.05, 0.1) is 18.8 Å². The molecule has 0 unspecified atom stereocenters. The molecule has 0 aromatic heterocycles. The van der Waals surface area contributed by atoms with E-state index in [0.717, 1.165) is 5.56 Å². The van der Waals surface area contributed by atoms with Crippen molar-refractivity contribution >= 4 is 21.7 Å². The van der Waals surface area contributed by atoms with Crippen molar-refractivity contribution in [3.63, 3.8) is 0 Å². The third-order valence-corrected chi connectivity index (χ3v) is 4.77. The SMILES string of the molecule is O=C(O)Cc1ccc(NS(=O)(=O)CCCOCc2ccccc2)cc1. The van der Waals surface area contributed by atoms with Gasteiger partial charge in [-0.2, -0.15) is 0 Å². The number of aliphatic carboxylic acids is 1. The normalized spacial score (nSPS) is 11.2. The second kappa shape index (κ2) is 9.19. The van der Waals surface area contributed by atoms with Gasteiger partial charge in [-0.15, -0.1) is 0 Å². The van der Waals surface area contributed by atoms with Gasteiger partial charge in [0, 0.05) is 12.3 Å². The van der Waals surface area contributed by atoms with Crippen molar-refractivity contribution < 1.29 is 23.1 Å². The van der Waals surface area contributed by atoms with Crippen LogP contribution < -0.4 is 4.72 Å². The molecule has 0 aliphatic carbocycles. The molecule has 2 rings (SSSR count). The van der Waals surface area contributed by atoms with Gasteiger partial charge in [0.1, 0.15) is 0 Å². The Morgan fingerprint density at radius 3 is 2.32 bits per heavy atom. The van der Waals surface area contributed by atoms with E-state index in [0.29, 0.717) is 30.9 Å². The fraction of sp³-hybridized carbons (Fsp3) is 0.278. The number of ether oxygens (including phenoxy) is 1. The summed E-state index contributed by atoms with van der Waals surface area (Å²) in [5.74, 6) is -0.970. The lowest BCUT2D eigenvalue weighted by atomic mass is 10.1. The molecule has 0 saturated heterocycles. The molecule has 0 bridgehead atoms. The van der Waals surface area contributed by atoms with Gasteiger partial charge in [0.2, 0.25) is 10.0 Å². The molecule has 2 aromatic carbocycles. The summed E-state index contributed by atoms with van der Waals surface area (Å²) < 4.78 is 32.0. The van der Waals surface area contributed by atoms with Gasteiger partial charge in [-0.25, -0.2) is 8.42 Å². The van der Waals surface area contributed by atoms with Crippen LogP contribution in [0, 0.1) is 0 Å². The molecule has 0 fully saturated rings. The minimum Gasteiger partial charge on any atom is -0.481 e. The average molecular weight is 363 g/mol. The van der Waals surface area contributed by atoms with Gasteiger partial charge < -0.3 is 9.84 Å². The summed E-state index contributed by atoms with van der Waals surface area (Å²) in [6.45, 7) is 0.812. The second-order valence-corrected chi connectivity index (χ2v) is 7.42. The Labute approximate surface area is 147 Å². The molecule has 2 aromatic rings. The van der Waals surface area contributed by atoms with E-state index in [1.165, 1.54) is 0 Å². The summed E-state index contributed by atoms with van der Waals surface area (Å²) in [7, 11) is -3.46. The molecular weight excluding hydrogens is 342 g/mol. The van der Waals surface area contributed by atoms with Crippen LogP contribution in [0.1, 0.15) is 17.5 Å². The molecule has 134 valence electrons. The Bertz CT molecular complexity index is 773. The Kier molecular flexibility index (Phi) is 6.97. The highest BCUT2D eigenvalue weighted by Gasteiger charge is 2.10. The first-order valence-corrected chi connectivity index (χ1v) is 9.53. The molecule has 2 N–H and O–H groups in total. The van der Waals surface area contributed by atoms with Gasteiger partial charge in [0.25, 0.3) is 0 Å². The highest BCUT2D eigenvalue weighted by molar-refractivity contribution is 7.92. The van der Waals surface area contributed by atoms with E-state index in [9.17, 15) is 13.2 Å². The highest BCUT2D eigenvalue weighted by atomic mass is 32.2. The largest absolute Gasteiger partial charge is 0.481 e. The van der Waals surface area contributed by atoms with Gasteiger partial charge in [-0.1, -0.05) is 42.5 Å². The minimum atomic E-state index is -3.46. The van der Waals surface area contributed by atoms with E-state index < -0.39 is 16.0 Å². The van der Waals surface area contributed by atoms with Crippen LogP contribution in [0.5, 0.6) is 0 Å². The Balaban J connectivity index is 1.73. The van der Waals surface area contributed by atoms with Crippen molar-refractivity contribution in [1.29, 1.82) is 0 Å². The zero-order valence-corrected chi connectivity index (χ0v) is 14.5. The number of nitrogens with one attached hydrogen (secondary N) is 1. The van der Waals surface area contributed by atoms with E-state index in [-0.39, 0.29) is 12.2 Å². The predicted octanol–water partition coefficient (Wildman–Crippen LogP) is 2.66. The van der Waals surface area contributed by atoms with Crippen molar-refractivity contribution in [3.05, 3.63) is 65.7 Å². The highest BCUT2D eigenvalue weighted by Crippen LogP contribution is 2.12. The van der Waals surface area contributed by atoms with Crippen LogP contribution in [-0.2, 0) is 32.6 Å². The van der Waals surface area contributed by atoms with E-state index in [2.05, 4.69) is 4.72 Å². The summed E-state index contributed by atoms with van der Waals surface area (Å²) >= 11 is 0. The maximum absolute atomic E-state index is 12.0. The topological polar surface area (TPSA) is 92.7 Å². The smallest absolute Gasteiger partial charge is 0.307 e. The molecular formula is C18H21NO5S. The third-order valence-electron chi connectivity index (χ3n) is 3.40. The quantitative estimate of drug-likeness (QED) is 0.633. The monoisotopic (exact) mass is 363 g/mol. The van der Waals surface area contributed by atoms with Crippen molar-refractivity contribution in [2.45, 2.75) is 19.4 Å². The number of benzene rings is 2. The van der Waals surface area contributed by atoms with Crippen LogP contribution in [0.4, 0.5) is 5.69 Å². The van der Waals surface area contributed by atoms with Crippen molar-refractivity contribution in [2.24, 2.45) is 0 Å². The third kappa shape index (κ3) is 7.36. The van der Waals surface area contributed by atoms with Crippen LogP contribution in [0.2, 0.25) is 0 Å². The van der Waals surface area contributed by atoms with Gasteiger partial charge >= 0.3 is 5.97 Å². The maximum Gasteiger partial charge on any atom is 0.307 e. The average Bonchev–Trinajstić information content (AvgIpc) is 2.56. The zero-order valence-electron chi connectivity index (χ0n) is 13.7. The number of hydrogen-bond acceptors (Lipinski definition) is 4. The maximum atomic E-state index is 12.0. The Hall–Kier alpha value is -2.38. The molecule has 0 saturated carbocycles. The predicted molar refractivity (Wildman–Crippen MR) is 95.9 cm³/mol. The van der Waals surface area contributed by atoms with Gasteiger partial charge in [-0.3, -0.25) is 9.52 Å². The van der Waals surface area contributed by atoms with Crippen LogP contribution in [0.3, 0.4) is 0 Å². The van der Waals surface area contributed by atoms with E-state index >= 15 is 0 Å². The fourth-order valence-electron chi connectivity index (χ4n) is 2.21. The fourth-order valence-corrected chi connectivity index (χ4v) is 3.31. The molecule has 0 aliphatic rings. The Morgan fingerprint density at radius 1 is 1.00 bits per heavy atom. The molecule has 0 atom stereocenters. The van der Waals surface area contributed by atoms with Crippen LogP contribution >= 0.6 is 0 Å². The van der Waals surface area contributed by atoms with Crippen molar-refractivity contribution in [2.75, 3.05) is 17.1 Å². The van der Waals surface area contributed by atoms with Crippen LogP contribution in [0.15, 0.2) is 54.6 Å². The number of carboxylic acid groups (broad SMARTS) is 1. The summed E-state index contributed by atoms with van der Waals surface area (Å²) in [5, 5.41) is 8.71. The van der Waals surface area contributed by atoms with E-state index in [4.69, 9.17) is 9.84 Å². The van der Waals surface area contributed by atoms with Crippen molar-refractivity contribution in [1.82, 2.24) is 0 Å². The standard InChI is InChI=1S/C18H21NO5S/c20-18(21)13-15-7-9-17(10-8-15)19-25(22,23)12-4-11-24-14-16-5-2-1-3-6-16/h1-3,5-10,19H,4,11-14H2,(H,20,21). The van der Waals surface area contributed by atoms with Crippen LogP contribution in [0.25, 0.3) is 0 Å². The van der Waals surface area contributed by atoms with Gasteiger partial charge in [0.15, 0.2) is 0 Å². The second-order valence-electron chi connectivity index (χ2n) is 5.58. The first kappa shape index (κ1) is 19.0. The molecule has 7 heteroatoms. The number of anilines is 1. The molecule has 25 heavy (non-hydrogen) atoms. The molecule has 0 heterocycles.